The largest absolute Gasteiger partial charge is 0.457 e. The summed E-state index contributed by atoms with van der Waals surface area (Å²) in [5.74, 6) is 2.41. The van der Waals surface area contributed by atoms with Crippen molar-refractivity contribution in [2.45, 2.75) is 33.1 Å². The highest BCUT2D eigenvalue weighted by molar-refractivity contribution is 6.13. The highest BCUT2D eigenvalue weighted by atomic mass is 16.5. The number of hydrogen-bond donors (Lipinski definition) is 0. The molecule has 0 aliphatic rings. The lowest BCUT2D eigenvalue weighted by molar-refractivity contribution is 0.101. The Morgan fingerprint density at radius 2 is 0.796 bits per heavy atom. The van der Waals surface area contributed by atoms with Gasteiger partial charge in [-0.05, 0) is 104 Å². The van der Waals surface area contributed by atoms with E-state index in [0.29, 0.717) is 50.8 Å². The number of rotatable bonds is 11. The summed E-state index contributed by atoms with van der Waals surface area (Å²) in [6.07, 6.45) is 0. The lowest BCUT2D eigenvalue weighted by Gasteiger charge is -2.26. The van der Waals surface area contributed by atoms with E-state index in [1.54, 1.807) is 91.9 Å². The molecule has 5 heteroatoms. The number of carbonyl (C=O) groups is 3. The summed E-state index contributed by atoms with van der Waals surface area (Å²) in [5.41, 5.74) is 5.73. The van der Waals surface area contributed by atoms with Gasteiger partial charge in [-0.3, -0.25) is 14.4 Å². The van der Waals surface area contributed by atoms with Gasteiger partial charge in [0, 0.05) is 33.2 Å². The molecule has 6 aromatic carbocycles. The first-order valence-electron chi connectivity index (χ1n) is 16.1. The highest BCUT2D eigenvalue weighted by Gasteiger charge is 2.23. The molecule has 0 aliphatic carbocycles. The summed E-state index contributed by atoms with van der Waals surface area (Å²) in [4.78, 5) is 37.8. The second-order valence-corrected chi connectivity index (χ2v) is 12.6. The Morgan fingerprint density at radius 1 is 0.449 bits per heavy atom. The van der Waals surface area contributed by atoms with Crippen LogP contribution in [-0.2, 0) is 5.41 Å². The van der Waals surface area contributed by atoms with Crippen molar-refractivity contribution < 1.29 is 23.9 Å². The molecule has 0 N–H and O–H groups in total. The zero-order valence-electron chi connectivity index (χ0n) is 27.9. The van der Waals surface area contributed by atoms with Crippen LogP contribution in [0.2, 0.25) is 0 Å². The first-order chi connectivity index (χ1) is 23.6. The zero-order valence-corrected chi connectivity index (χ0v) is 27.9. The SMILES string of the molecule is CC(=O)c1ccc(Oc2ccc(C(C)(C)c3ccc(Oc4ccc(C(=O)c5cccc(C(=O)c6ccc(C)cc6)c5)cc4)cc3)cc2)cc1. The standard InChI is InChI=1S/C44H36O5/c1-29-8-10-32(11-9-29)42(46)34-6-5-7-35(28-34)43(47)33-14-22-39(23-15-33)49-41-26-18-37(19-27-41)44(3,4)36-16-24-40(25-17-36)48-38-20-12-31(13-21-38)30(2)45/h5-28H,1-4H3. The maximum absolute atomic E-state index is 13.3. The van der Waals surface area contributed by atoms with Crippen molar-refractivity contribution in [2.24, 2.45) is 0 Å². The molecule has 242 valence electrons. The first kappa shape index (κ1) is 32.9. The lowest BCUT2D eigenvalue weighted by atomic mass is 9.78. The average molecular weight is 645 g/mol. The molecule has 6 rings (SSSR count). The number of ether oxygens (including phenoxy) is 2. The molecule has 0 fully saturated rings. The van der Waals surface area contributed by atoms with E-state index in [1.165, 1.54) is 0 Å². The molecule has 0 saturated heterocycles. The predicted octanol–water partition coefficient (Wildman–Crippen LogP) is 10.6. The molecule has 5 nitrogen and oxygen atoms in total. The molecular weight excluding hydrogens is 608 g/mol. The van der Waals surface area contributed by atoms with Gasteiger partial charge in [0.2, 0.25) is 0 Å². The molecular formula is C44H36O5. The van der Waals surface area contributed by atoms with Gasteiger partial charge >= 0.3 is 0 Å². The third-order valence-electron chi connectivity index (χ3n) is 8.70. The van der Waals surface area contributed by atoms with Crippen LogP contribution in [0.4, 0.5) is 0 Å². The minimum absolute atomic E-state index is 0.0217. The number of ketones is 3. The van der Waals surface area contributed by atoms with Crippen molar-refractivity contribution in [1.82, 2.24) is 0 Å². The molecule has 0 radical (unpaired) electrons. The summed E-state index contributed by atoms with van der Waals surface area (Å²) >= 11 is 0. The van der Waals surface area contributed by atoms with Gasteiger partial charge < -0.3 is 9.47 Å². The molecule has 0 unspecified atom stereocenters. The highest BCUT2D eigenvalue weighted by Crippen LogP contribution is 2.35. The van der Waals surface area contributed by atoms with Gasteiger partial charge in [0.25, 0.3) is 0 Å². The van der Waals surface area contributed by atoms with Gasteiger partial charge in [-0.25, -0.2) is 0 Å². The zero-order chi connectivity index (χ0) is 34.5. The number of carbonyl (C=O) groups excluding carboxylic acids is 3. The van der Waals surface area contributed by atoms with E-state index in [-0.39, 0.29) is 22.8 Å². The van der Waals surface area contributed by atoms with Crippen LogP contribution in [0.1, 0.15) is 79.7 Å². The Hall–Kier alpha value is -6.07. The maximum atomic E-state index is 13.3. The molecule has 0 heterocycles. The Bertz CT molecular complexity index is 2110. The van der Waals surface area contributed by atoms with Crippen molar-refractivity contribution in [3.63, 3.8) is 0 Å². The molecule has 6 aromatic rings. The minimum Gasteiger partial charge on any atom is -0.457 e. The van der Waals surface area contributed by atoms with E-state index in [0.717, 1.165) is 16.7 Å². The summed E-state index contributed by atoms with van der Waals surface area (Å²) < 4.78 is 12.1. The van der Waals surface area contributed by atoms with Gasteiger partial charge in [-0.1, -0.05) is 86.1 Å². The number of Topliss-reactive ketones (excluding diaryl/α,β-unsaturated/α-hetero) is 1. The summed E-state index contributed by atoms with van der Waals surface area (Å²) in [5, 5.41) is 0. The van der Waals surface area contributed by atoms with Crippen LogP contribution in [0.3, 0.4) is 0 Å². The first-order valence-corrected chi connectivity index (χ1v) is 16.1. The summed E-state index contributed by atoms with van der Waals surface area (Å²) in [6, 6.07) is 44.4. The summed E-state index contributed by atoms with van der Waals surface area (Å²) in [6.45, 7) is 7.86. The normalized spacial score (nSPS) is 11.1. The lowest BCUT2D eigenvalue weighted by Crippen LogP contribution is -2.18. The van der Waals surface area contributed by atoms with Gasteiger partial charge in [-0.15, -0.1) is 0 Å². The summed E-state index contributed by atoms with van der Waals surface area (Å²) in [7, 11) is 0. The fourth-order valence-electron chi connectivity index (χ4n) is 5.59. The van der Waals surface area contributed by atoms with Gasteiger partial charge in [-0.2, -0.15) is 0 Å². The Kier molecular flexibility index (Phi) is 9.36. The maximum Gasteiger partial charge on any atom is 0.193 e. The van der Waals surface area contributed by atoms with Crippen LogP contribution in [0.15, 0.2) is 146 Å². The number of hydrogen-bond acceptors (Lipinski definition) is 5. The monoisotopic (exact) mass is 644 g/mol. The average Bonchev–Trinajstić information content (AvgIpc) is 3.12. The van der Waals surface area contributed by atoms with Crippen molar-refractivity contribution in [1.29, 1.82) is 0 Å². The Labute approximate surface area is 286 Å². The second kappa shape index (κ2) is 14.0. The van der Waals surface area contributed by atoms with E-state index in [1.807, 2.05) is 43.3 Å². The van der Waals surface area contributed by atoms with Gasteiger partial charge in [0.1, 0.15) is 23.0 Å². The van der Waals surface area contributed by atoms with E-state index in [4.69, 9.17) is 9.47 Å². The third kappa shape index (κ3) is 7.58. The van der Waals surface area contributed by atoms with Crippen molar-refractivity contribution in [3.8, 4) is 23.0 Å². The third-order valence-corrected chi connectivity index (χ3v) is 8.70. The van der Waals surface area contributed by atoms with Crippen LogP contribution < -0.4 is 9.47 Å². The van der Waals surface area contributed by atoms with Crippen molar-refractivity contribution >= 4 is 17.3 Å². The smallest absolute Gasteiger partial charge is 0.193 e. The molecule has 0 amide bonds. The Morgan fingerprint density at radius 3 is 1.18 bits per heavy atom. The van der Waals surface area contributed by atoms with Crippen LogP contribution in [0.5, 0.6) is 23.0 Å². The minimum atomic E-state index is -0.274. The van der Waals surface area contributed by atoms with Crippen molar-refractivity contribution in [3.05, 3.63) is 190 Å². The van der Waals surface area contributed by atoms with Crippen molar-refractivity contribution in [2.75, 3.05) is 0 Å². The topological polar surface area (TPSA) is 69.7 Å². The predicted molar refractivity (Wildman–Crippen MR) is 193 cm³/mol. The molecule has 0 bridgehead atoms. The molecule has 49 heavy (non-hydrogen) atoms. The van der Waals surface area contributed by atoms with E-state index in [9.17, 15) is 14.4 Å². The molecule has 0 atom stereocenters. The van der Waals surface area contributed by atoms with E-state index < -0.39 is 0 Å². The molecule has 0 aromatic heterocycles. The Balaban J connectivity index is 1.08. The second-order valence-electron chi connectivity index (χ2n) is 12.6. The van der Waals surface area contributed by atoms with Gasteiger partial charge in [0.05, 0.1) is 0 Å². The van der Waals surface area contributed by atoms with Gasteiger partial charge in [0.15, 0.2) is 17.3 Å². The fourth-order valence-corrected chi connectivity index (χ4v) is 5.59. The van der Waals surface area contributed by atoms with Crippen LogP contribution in [0, 0.1) is 6.92 Å². The molecule has 0 aliphatic heterocycles. The molecule has 0 saturated carbocycles. The van der Waals surface area contributed by atoms with Crippen LogP contribution >= 0.6 is 0 Å². The fraction of sp³-hybridized carbons (Fsp3) is 0.114. The van der Waals surface area contributed by atoms with Crippen LogP contribution in [0.25, 0.3) is 0 Å². The molecule has 0 spiro atoms. The quantitative estimate of drug-likeness (QED) is 0.131. The number of aryl methyl sites for hydroxylation is 1. The van der Waals surface area contributed by atoms with Crippen LogP contribution in [-0.4, -0.2) is 17.3 Å². The number of benzene rings is 6. The van der Waals surface area contributed by atoms with E-state index in [2.05, 4.69) is 38.1 Å². The van der Waals surface area contributed by atoms with E-state index >= 15 is 0 Å².